The van der Waals surface area contributed by atoms with Crippen molar-refractivity contribution in [2.75, 3.05) is 18.4 Å². The molecule has 1 aromatic heterocycles. The summed E-state index contributed by atoms with van der Waals surface area (Å²) in [5, 5.41) is 14.6. The Morgan fingerprint density at radius 2 is 1.96 bits per heavy atom. The number of aromatic nitrogens is 1. The normalized spacial score (nSPS) is 17.2. The summed E-state index contributed by atoms with van der Waals surface area (Å²) in [5.41, 5.74) is 0.722. The van der Waals surface area contributed by atoms with Crippen LogP contribution in [0.5, 0.6) is 0 Å². The van der Waals surface area contributed by atoms with Crippen molar-refractivity contribution in [3.05, 3.63) is 58.4 Å². The van der Waals surface area contributed by atoms with Gasteiger partial charge in [-0.15, -0.1) is 0 Å². The summed E-state index contributed by atoms with van der Waals surface area (Å²) in [6.07, 6.45) is 3.24. The van der Waals surface area contributed by atoms with Crippen molar-refractivity contribution in [1.29, 1.82) is 0 Å². The van der Waals surface area contributed by atoms with Crippen molar-refractivity contribution < 1.29 is 13.3 Å². The fourth-order valence-electron chi connectivity index (χ4n) is 3.26. The van der Waals surface area contributed by atoms with Crippen LogP contribution in [0.4, 0.5) is 11.4 Å². The maximum Gasteiger partial charge on any atom is 0.293 e. The number of piperidine rings is 1. The van der Waals surface area contributed by atoms with Crippen LogP contribution in [0.15, 0.2) is 47.5 Å². The smallest absolute Gasteiger partial charge is 0.293 e. The van der Waals surface area contributed by atoms with Crippen molar-refractivity contribution in [2.45, 2.75) is 37.6 Å². The lowest BCUT2D eigenvalue weighted by molar-refractivity contribution is -0.384. The minimum Gasteiger partial charge on any atom is -0.371 e. The molecule has 1 atom stereocenters. The van der Waals surface area contributed by atoms with E-state index >= 15 is 0 Å². The fraction of sp³-hybridized carbons (Fsp3) is 0.421. The number of nitro benzene ring substituents is 1. The van der Waals surface area contributed by atoms with Gasteiger partial charge in [0.2, 0.25) is 10.0 Å². The van der Waals surface area contributed by atoms with Gasteiger partial charge < -0.3 is 5.32 Å². The molecule has 0 radical (unpaired) electrons. The number of hydrogen-bond acceptors (Lipinski definition) is 6. The van der Waals surface area contributed by atoms with Crippen molar-refractivity contribution in [3.63, 3.8) is 0 Å². The van der Waals surface area contributed by atoms with Crippen LogP contribution in [0.2, 0.25) is 0 Å². The molecule has 0 unspecified atom stereocenters. The highest BCUT2D eigenvalue weighted by Gasteiger charge is 2.30. The standard InChI is InChI=1S/C19H24N4O4S/c1-14-8-11-22(12-9-14)28(26,27)16-6-7-18(19(13-16)23(24)25)21-15(2)17-5-3-4-10-20-17/h3-7,10,13-15,21H,8-9,11-12H2,1-2H3/t15-/m1/s1. The number of rotatable bonds is 6. The van der Waals surface area contributed by atoms with Gasteiger partial charge in [0.05, 0.1) is 21.6 Å². The molecule has 8 nitrogen and oxygen atoms in total. The summed E-state index contributed by atoms with van der Waals surface area (Å²) < 4.78 is 27.2. The SMILES string of the molecule is CC1CCN(S(=O)(=O)c2ccc(N[C@H](C)c3ccccn3)c([N+](=O)[O-])c2)CC1. The van der Waals surface area contributed by atoms with Gasteiger partial charge in [0, 0.05) is 25.4 Å². The van der Waals surface area contributed by atoms with Crippen LogP contribution >= 0.6 is 0 Å². The first kappa shape index (κ1) is 20.2. The lowest BCUT2D eigenvalue weighted by atomic mass is 10.0. The van der Waals surface area contributed by atoms with E-state index < -0.39 is 14.9 Å². The Hall–Kier alpha value is -2.52. The molecule has 1 fully saturated rings. The molecule has 0 aliphatic carbocycles. The number of nitrogens with one attached hydrogen (secondary N) is 1. The van der Waals surface area contributed by atoms with E-state index in [0.29, 0.717) is 19.0 Å². The van der Waals surface area contributed by atoms with E-state index in [1.165, 1.54) is 16.4 Å². The molecule has 1 aliphatic rings. The van der Waals surface area contributed by atoms with Crippen LogP contribution < -0.4 is 5.32 Å². The molecule has 0 spiro atoms. The van der Waals surface area contributed by atoms with E-state index in [9.17, 15) is 18.5 Å². The summed E-state index contributed by atoms with van der Waals surface area (Å²) in [5.74, 6) is 0.487. The number of sulfonamides is 1. The number of nitrogens with zero attached hydrogens (tertiary/aromatic N) is 3. The van der Waals surface area contributed by atoms with E-state index in [1.807, 2.05) is 19.1 Å². The summed E-state index contributed by atoms with van der Waals surface area (Å²) in [6.45, 7) is 4.81. The Morgan fingerprint density at radius 1 is 1.25 bits per heavy atom. The first-order valence-electron chi connectivity index (χ1n) is 9.25. The van der Waals surface area contributed by atoms with Crippen LogP contribution in [0.1, 0.15) is 38.4 Å². The van der Waals surface area contributed by atoms with Gasteiger partial charge in [0.15, 0.2) is 0 Å². The highest BCUT2D eigenvalue weighted by Crippen LogP contribution is 2.32. The van der Waals surface area contributed by atoms with Gasteiger partial charge in [-0.05, 0) is 49.9 Å². The number of pyridine rings is 1. The second kappa shape index (κ2) is 8.24. The average Bonchev–Trinajstić information content (AvgIpc) is 2.69. The minimum atomic E-state index is -3.75. The van der Waals surface area contributed by atoms with Crippen molar-refractivity contribution in [3.8, 4) is 0 Å². The minimum absolute atomic E-state index is 0.0511. The zero-order valence-electron chi connectivity index (χ0n) is 15.9. The lowest BCUT2D eigenvalue weighted by Crippen LogP contribution is -2.37. The Morgan fingerprint density at radius 3 is 2.57 bits per heavy atom. The maximum atomic E-state index is 12.9. The summed E-state index contributed by atoms with van der Waals surface area (Å²) in [6, 6.07) is 9.20. The predicted molar refractivity (Wildman–Crippen MR) is 107 cm³/mol. The van der Waals surface area contributed by atoms with Gasteiger partial charge >= 0.3 is 0 Å². The Bertz CT molecular complexity index is 942. The molecule has 0 bridgehead atoms. The predicted octanol–water partition coefficient (Wildman–Crippen LogP) is 3.58. The molecule has 0 saturated carbocycles. The van der Waals surface area contributed by atoms with Crippen LogP contribution in [0.25, 0.3) is 0 Å². The Kier molecular flexibility index (Phi) is 5.95. The third-order valence-electron chi connectivity index (χ3n) is 5.05. The van der Waals surface area contributed by atoms with Gasteiger partial charge in [0.1, 0.15) is 5.69 Å². The fourth-order valence-corrected chi connectivity index (χ4v) is 4.75. The first-order chi connectivity index (χ1) is 13.3. The topological polar surface area (TPSA) is 105 Å². The van der Waals surface area contributed by atoms with Gasteiger partial charge in [-0.25, -0.2) is 8.42 Å². The molecule has 150 valence electrons. The van der Waals surface area contributed by atoms with Crippen molar-refractivity contribution in [2.24, 2.45) is 5.92 Å². The van der Waals surface area contributed by atoms with Crippen molar-refractivity contribution in [1.82, 2.24) is 9.29 Å². The van der Waals surface area contributed by atoms with Crippen LogP contribution in [0.3, 0.4) is 0 Å². The molecule has 2 aromatic rings. The molecule has 1 saturated heterocycles. The van der Waals surface area contributed by atoms with E-state index in [-0.39, 0.29) is 22.3 Å². The van der Waals surface area contributed by atoms with E-state index in [4.69, 9.17) is 0 Å². The molecular formula is C19H24N4O4S. The number of benzene rings is 1. The second-order valence-electron chi connectivity index (χ2n) is 7.14. The van der Waals surface area contributed by atoms with Crippen LogP contribution in [-0.2, 0) is 10.0 Å². The maximum absolute atomic E-state index is 12.9. The summed E-state index contributed by atoms with van der Waals surface area (Å²) >= 11 is 0. The monoisotopic (exact) mass is 404 g/mol. The van der Waals surface area contributed by atoms with Gasteiger partial charge in [-0.2, -0.15) is 4.31 Å². The average molecular weight is 404 g/mol. The molecule has 9 heteroatoms. The van der Waals surface area contributed by atoms with E-state index in [0.717, 1.165) is 24.6 Å². The first-order valence-corrected chi connectivity index (χ1v) is 10.7. The Labute approximate surface area is 164 Å². The zero-order valence-corrected chi connectivity index (χ0v) is 16.7. The molecule has 1 aliphatic heterocycles. The molecule has 0 amide bonds. The van der Waals surface area contributed by atoms with Crippen LogP contribution in [0, 0.1) is 16.0 Å². The molecule has 1 aromatic carbocycles. The Balaban J connectivity index is 1.88. The lowest BCUT2D eigenvalue weighted by Gasteiger charge is -2.29. The quantitative estimate of drug-likeness (QED) is 0.583. The highest BCUT2D eigenvalue weighted by atomic mass is 32.2. The number of nitro groups is 1. The summed E-state index contributed by atoms with van der Waals surface area (Å²) in [4.78, 5) is 15.2. The van der Waals surface area contributed by atoms with E-state index in [1.54, 1.807) is 12.3 Å². The largest absolute Gasteiger partial charge is 0.371 e. The molecule has 28 heavy (non-hydrogen) atoms. The molecule has 3 rings (SSSR count). The number of hydrogen-bond donors (Lipinski definition) is 1. The second-order valence-corrected chi connectivity index (χ2v) is 9.08. The zero-order chi connectivity index (χ0) is 20.3. The third-order valence-corrected chi connectivity index (χ3v) is 6.94. The van der Waals surface area contributed by atoms with Crippen LogP contribution in [-0.4, -0.2) is 35.7 Å². The summed E-state index contributed by atoms with van der Waals surface area (Å²) in [7, 11) is -3.75. The molecule has 2 heterocycles. The van der Waals surface area contributed by atoms with Gasteiger partial charge in [-0.3, -0.25) is 15.1 Å². The highest BCUT2D eigenvalue weighted by molar-refractivity contribution is 7.89. The van der Waals surface area contributed by atoms with Crippen molar-refractivity contribution >= 4 is 21.4 Å². The van der Waals surface area contributed by atoms with E-state index in [2.05, 4.69) is 17.2 Å². The molecule has 1 N–H and O–H groups in total. The van der Waals surface area contributed by atoms with Gasteiger partial charge in [0.25, 0.3) is 5.69 Å². The molecular weight excluding hydrogens is 380 g/mol. The van der Waals surface area contributed by atoms with Gasteiger partial charge in [-0.1, -0.05) is 13.0 Å². The third kappa shape index (κ3) is 4.31. The number of anilines is 1.